The molecule has 0 atom stereocenters. The second-order valence-electron chi connectivity index (χ2n) is 6.90. The number of H-pyrrole nitrogens is 1. The molecule has 3 N–H and O–H groups in total. The number of pyridine rings is 1. The maximum Gasteiger partial charge on any atom is 0.276 e. The normalized spacial score (nSPS) is 14.8. The fourth-order valence-electron chi connectivity index (χ4n) is 3.84. The molecule has 7 nitrogen and oxygen atoms in total. The topological polar surface area (TPSA) is 85.9 Å². The van der Waals surface area contributed by atoms with Crippen LogP contribution in [-0.4, -0.2) is 27.6 Å². The largest absolute Gasteiger partial charge is 0.348 e. The van der Waals surface area contributed by atoms with E-state index in [4.69, 9.17) is 0 Å². The number of benzene rings is 1. The van der Waals surface area contributed by atoms with E-state index >= 15 is 0 Å². The van der Waals surface area contributed by atoms with Crippen LogP contribution in [0.4, 0.5) is 11.5 Å². The molecule has 0 fully saturated rings. The van der Waals surface area contributed by atoms with Crippen molar-refractivity contribution in [3.63, 3.8) is 0 Å². The summed E-state index contributed by atoms with van der Waals surface area (Å²) in [5.41, 5.74) is 5.70. The minimum absolute atomic E-state index is 0. The molecule has 2 aliphatic heterocycles. The van der Waals surface area contributed by atoms with Gasteiger partial charge in [0.2, 0.25) is 0 Å². The van der Waals surface area contributed by atoms with Crippen LogP contribution < -0.4 is 15.5 Å². The molecule has 144 valence electrons. The van der Waals surface area contributed by atoms with Crippen LogP contribution in [0.25, 0.3) is 0 Å². The number of amides is 1. The first-order chi connectivity index (χ1) is 13.3. The second-order valence-corrected chi connectivity index (χ2v) is 6.90. The minimum Gasteiger partial charge on any atom is -0.348 e. The van der Waals surface area contributed by atoms with E-state index in [2.05, 4.69) is 36.8 Å². The lowest BCUT2D eigenvalue weighted by Gasteiger charge is -2.16. The molecule has 8 heteroatoms. The number of fused-ring (bicyclic) bond motifs is 2. The zero-order valence-electron chi connectivity index (χ0n) is 15.2. The highest BCUT2D eigenvalue weighted by Crippen LogP contribution is 2.32. The van der Waals surface area contributed by atoms with Gasteiger partial charge in [0.15, 0.2) is 5.69 Å². The molecule has 0 unspecified atom stereocenters. The molecule has 0 radical (unpaired) electrons. The molecule has 0 bridgehead atoms. The van der Waals surface area contributed by atoms with Gasteiger partial charge in [-0.2, -0.15) is 5.10 Å². The van der Waals surface area contributed by atoms with Gasteiger partial charge in [0.25, 0.3) is 5.91 Å². The standard InChI is InChI=1S/C20H20N6O.ClH/c27-20(19-14-10-21-9-7-17(14)24-25-19)23-16-5-3-4-13-11-26(12-15(13)16)18-6-1-2-8-22-18;/h1-6,8,21H,7,9-12H2,(H,23,27)(H,24,25);1H. The molecular weight excluding hydrogens is 376 g/mol. The van der Waals surface area contributed by atoms with E-state index in [0.29, 0.717) is 12.2 Å². The molecule has 1 amide bonds. The fourth-order valence-corrected chi connectivity index (χ4v) is 3.84. The number of nitrogens with one attached hydrogen (secondary N) is 3. The summed E-state index contributed by atoms with van der Waals surface area (Å²) in [4.78, 5) is 19.5. The predicted octanol–water partition coefficient (Wildman–Crippen LogP) is 2.64. The molecule has 3 aromatic rings. The SMILES string of the molecule is Cl.O=C(Nc1cccc2c1CN(c1ccccn1)C2)c1n[nH]c2c1CNCC2. The summed E-state index contributed by atoms with van der Waals surface area (Å²) in [5.74, 6) is 0.777. The number of carbonyl (C=O) groups excluding carboxylic acids is 1. The van der Waals surface area contributed by atoms with Gasteiger partial charge in [-0.05, 0) is 29.3 Å². The summed E-state index contributed by atoms with van der Waals surface area (Å²) in [7, 11) is 0. The van der Waals surface area contributed by atoms with E-state index in [0.717, 1.165) is 54.4 Å². The van der Waals surface area contributed by atoms with E-state index in [1.54, 1.807) is 6.20 Å². The minimum atomic E-state index is -0.166. The number of hydrogen-bond acceptors (Lipinski definition) is 5. The molecule has 0 saturated carbocycles. The average molecular weight is 397 g/mol. The van der Waals surface area contributed by atoms with Crippen LogP contribution in [0.5, 0.6) is 0 Å². The van der Waals surface area contributed by atoms with Crippen LogP contribution in [0.3, 0.4) is 0 Å². The molecule has 28 heavy (non-hydrogen) atoms. The van der Waals surface area contributed by atoms with Gasteiger partial charge in [-0.3, -0.25) is 9.89 Å². The first-order valence-electron chi connectivity index (χ1n) is 9.14. The third-order valence-electron chi connectivity index (χ3n) is 5.23. The molecule has 0 saturated heterocycles. The van der Waals surface area contributed by atoms with Gasteiger partial charge in [0.1, 0.15) is 5.82 Å². The van der Waals surface area contributed by atoms with Crippen molar-refractivity contribution >= 4 is 29.8 Å². The molecule has 0 spiro atoms. The molecule has 2 aliphatic rings. The number of halogens is 1. The predicted molar refractivity (Wildman–Crippen MR) is 110 cm³/mol. The van der Waals surface area contributed by atoms with Gasteiger partial charge in [0, 0.05) is 55.7 Å². The van der Waals surface area contributed by atoms with Crippen LogP contribution in [0.15, 0.2) is 42.6 Å². The Morgan fingerprint density at radius 3 is 2.89 bits per heavy atom. The number of nitrogens with zero attached hydrogens (tertiary/aromatic N) is 3. The van der Waals surface area contributed by atoms with Crippen LogP contribution in [0.1, 0.15) is 32.9 Å². The summed E-state index contributed by atoms with van der Waals surface area (Å²) >= 11 is 0. The highest BCUT2D eigenvalue weighted by molar-refractivity contribution is 6.04. The number of aromatic nitrogens is 3. The van der Waals surface area contributed by atoms with Crippen LogP contribution in [-0.2, 0) is 26.1 Å². The number of carbonyl (C=O) groups is 1. The number of aromatic amines is 1. The summed E-state index contributed by atoms with van der Waals surface area (Å²) in [6, 6.07) is 12.0. The quantitative estimate of drug-likeness (QED) is 0.633. The lowest BCUT2D eigenvalue weighted by molar-refractivity contribution is 0.102. The Kier molecular flexibility index (Phi) is 5.02. The Balaban J connectivity index is 0.00000192. The lowest BCUT2D eigenvalue weighted by Crippen LogP contribution is -2.25. The fraction of sp³-hybridized carbons (Fsp3) is 0.250. The molecular formula is C20H21ClN6O. The monoisotopic (exact) mass is 396 g/mol. The number of anilines is 2. The van der Waals surface area contributed by atoms with Crippen molar-refractivity contribution in [1.82, 2.24) is 20.5 Å². The van der Waals surface area contributed by atoms with Gasteiger partial charge in [-0.15, -0.1) is 12.4 Å². The van der Waals surface area contributed by atoms with Gasteiger partial charge >= 0.3 is 0 Å². The van der Waals surface area contributed by atoms with Gasteiger partial charge < -0.3 is 15.5 Å². The Hall–Kier alpha value is -2.90. The summed E-state index contributed by atoms with van der Waals surface area (Å²) < 4.78 is 0. The summed E-state index contributed by atoms with van der Waals surface area (Å²) in [6.07, 6.45) is 2.67. The zero-order chi connectivity index (χ0) is 18.2. The van der Waals surface area contributed by atoms with Crippen molar-refractivity contribution in [2.45, 2.75) is 26.1 Å². The summed E-state index contributed by atoms with van der Waals surface area (Å²) in [5, 5.41) is 13.6. The first-order valence-corrected chi connectivity index (χ1v) is 9.14. The van der Waals surface area contributed by atoms with Gasteiger partial charge in [-0.25, -0.2) is 4.98 Å². The Bertz CT molecular complexity index is 1000. The van der Waals surface area contributed by atoms with Crippen LogP contribution in [0, 0.1) is 0 Å². The van der Waals surface area contributed by atoms with Crippen LogP contribution >= 0.6 is 12.4 Å². The molecule has 0 aliphatic carbocycles. The maximum absolute atomic E-state index is 12.9. The van der Waals surface area contributed by atoms with E-state index in [1.165, 1.54) is 5.56 Å². The van der Waals surface area contributed by atoms with Gasteiger partial charge in [-0.1, -0.05) is 18.2 Å². The third-order valence-corrected chi connectivity index (χ3v) is 5.23. The maximum atomic E-state index is 12.9. The molecule has 5 rings (SSSR count). The average Bonchev–Trinajstić information content (AvgIpc) is 3.34. The highest BCUT2D eigenvalue weighted by Gasteiger charge is 2.25. The number of rotatable bonds is 3. The van der Waals surface area contributed by atoms with E-state index in [9.17, 15) is 4.79 Å². The Labute approximate surface area is 169 Å². The van der Waals surface area contributed by atoms with E-state index < -0.39 is 0 Å². The van der Waals surface area contributed by atoms with Crippen molar-refractivity contribution in [2.75, 3.05) is 16.8 Å². The van der Waals surface area contributed by atoms with Crippen molar-refractivity contribution in [3.05, 3.63) is 70.7 Å². The summed E-state index contributed by atoms with van der Waals surface area (Å²) in [6.45, 7) is 3.10. The van der Waals surface area contributed by atoms with Gasteiger partial charge in [0.05, 0.1) is 0 Å². The van der Waals surface area contributed by atoms with Crippen molar-refractivity contribution in [2.24, 2.45) is 0 Å². The lowest BCUT2D eigenvalue weighted by atomic mass is 10.1. The Morgan fingerprint density at radius 2 is 2.04 bits per heavy atom. The highest BCUT2D eigenvalue weighted by atomic mass is 35.5. The molecule has 4 heterocycles. The first kappa shape index (κ1) is 18.5. The molecule has 2 aromatic heterocycles. The van der Waals surface area contributed by atoms with Crippen LogP contribution in [0.2, 0.25) is 0 Å². The smallest absolute Gasteiger partial charge is 0.276 e. The van der Waals surface area contributed by atoms with E-state index in [-0.39, 0.29) is 18.3 Å². The van der Waals surface area contributed by atoms with E-state index in [1.807, 2.05) is 30.3 Å². The van der Waals surface area contributed by atoms with Crippen molar-refractivity contribution < 1.29 is 4.79 Å². The Morgan fingerprint density at radius 1 is 1.11 bits per heavy atom. The van der Waals surface area contributed by atoms with Crippen molar-refractivity contribution in [1.29, 1.82) is 0 Å². The molecule has 1 aromatic carbocycles. The zero-order valence-corrected chi connectivity index (χ0v) is 16.1. The third kappa shape index (κ3) is 3.23. The van der Waals surface area contributed by atoms with Crippen molar-refractivity contribution in [3.8, 4) is 0 Å². The second kappa shape index (κ2) is 7.61. The number of hydrogen-bond donors (Lipinski definition) is 3.